The molecular formula is C13H14F2O3. The van der Waals surface area contributed by atoms with E-state index in [1.807, 2.05) is 0 Å². The second-order valence-electron chi connectivity index (χ2n) is 4.71. The molecule has 0 spiro atoms. The highest BCUT2D eigenvalue weighted by molar-refractivity contribution is 5.89. The Kier molecular flexibility index (Phi) is 3.34. The van der Waals surface area contributed by atoms with Gasteiger partial charge in [0.1, 0.15) is 18.8 Å². The molecule has 1 aromatic carbocycles. The Balaban J connectivity index is 1.91. The summed E-state index contributed by atoms with van der Waals surface area (Å²) in [6.07, 6.45) is -0.429. The first-order valence-corrected chi connectivity index (χ1v) is 5.64. The first-order chi connectivity index (χ1) is 8.40. The van der Waals surface area contributed by atoms with Crippen LogP contribution in [-0.4, -0.2) is 30.7 Å². The molecule has 5 heteroatoms. The summed E-state index contributed by atoms with van der Waals surface area (Å²) in [6, 6.07) is 8.40. The molecule has 0 bridgehead atoms. The van der Waals surface area contributed by atoms with Gasteiger partial charge < -0.3 is 9.47 Å². The van der Waals surface area contributed by atoms with Crippen molar-refractivity contribution in [1.82, 2.24) is 0 Å². The third-order valence-electron chi connectivity index (χ3n) is 2.78. The minimum absolute atomic E-state index is 0.170. The molecule has 1 atom stereocenters. The van der Waals surface area contributed by atoms with E-state index in [1.54, 1.807) is 30.3 Å². The Bertz CT molecular complexity index is 433. The molecule has 0 aliphatic carbocycles. The summed E-state index contributed by atoms with van der Waals surface area (Å²) in [5, 5.41) is 0. The van der Waals surface area contributed by atoms with E-state index in [0.717, 1.165) is 0 Å². The molecule has 0 aromatic heterocycles. The van der Waals surface area contributed by atoms with E-state index in [2.05, 4.69) is 0 Å². The molecule has 1 aliphatic heterocycles. The number of esters is 1. The lowest BCUT2D eigenvalue weighted by molar-refractivity contribution is -0.0445. The standard InChI is InChI=1S/C13H14F2O3/c1-12(7-13(14,15)9-18-12)8-17-11(16)10-5-3-2-4-6-10/h2-6H,7-9H2,1H3/t12-/m1/s1. The van der Waals surface area contributed by atoms with Gasteiger partial charge in [0.05, 0.1) is 5.56 Å². The quantitative estimate of drug-likeness (QED) is 0.780. The van der Waals surface area contributed by atoms with Crippen LogP contribution in [0.4, 0.5) is 8.78 Å². The predicted octanol–water partition coefficient (Wildman–Crippen LogP) is 2.66. The Labute approximate surface area is 104 Å². The first kappa shape index (κ1) is 13.0. The van der Waals surface area contributed by atoms with E-state index in [9.17, 15) is 13.6 Å². The van der Waals surface area contributed by atoms with E-state index in [-0.39, 0.29) is 6.61 Å². The molecule has 1 saturated heterocycles. The predicted molar refractivity (Wildman–Crippen MR) is 60.6 cm³/mol. The van der Waals surface area contributed by atoms with Crippen molar-refractivity contribution in [2.24, 2.45) is 0 Å². The molecule has 0 unspecified atom stereocenters. The Morgan fingerprint density at radius 1 is 1.39 bits per heavy atom. The third-order valence-corrected chi connectivity index (χ3v) is 2.78. The molecule has 1 aliphatic rings. The van der Waals surface area contributed by atoms with Crippen molar-refractivity contribution < 1.29 is 23.0 Å². The lowest BCUT2D eigenvalue weighted by Gasteiger charge is -2.22. The third kappa shape index (κ3) is 3.04. The van der Waals surface area contributed by atoms with Crippen molar-refractivity contribution in [1.29, 1.82) is 0 Å². The summed E-state index contributed by atoms with van der Waals surface area (Å²) >= 11 is 0. The number of halogens is 2. The van der Waals surface area contributed by atoms with Crippen LogP contribution in [0.1, 0.15) is 23.7 Å². The highest BCUT2D eigenvalue weighted by Gasteiger charge is 2.48. The number of hydrogen-bond donors (Lipinski definition) is 0. The zero-order valence-electron chi connectivity index (χ0n) is 9.99. The fourth-order valence-corrected chi connectivity index (χ4v) is 1.90. The summed E-state index contributed by atoms with van der Waals surface area (Å²) in [4.78, 5) is 11.6. The number of rotatable bonds is 3. The molecule has 1 fully saturated rings. The van der Waals surface area contributed by atoms with Crippen LogP contribution in [0.25, 0.3) is 0 Å². The second kappa shape index (κ2) is 4.65. The summed E-state index contributed by atoms with van der Waals surface area (Å²) < 4.78 is 36.1. The van der Waals surface area contributed by atoms with Gasteiger partial charge in [0.25, 0.3) is 5.92 Å². The molecule has 1 aromatic rings. The Morgan fingerprint density at radius 3 is 2.61 bits per heavy atom. The molecule has 1 heterocycles. The number of carbonyl (C=O) groups excluding carboxylic acids is 1. The smallest absolute Gasteiger partial charge is 0.338 e. The van der Waals surface area contributed by atoms with E-state index in [0.29, 0.717) is 5.56 Å². The molecule has 0 N–H and O–H groups in total. The maximum atomic E-state index is 13.0. The van der Waals surface area contributed by atoms with Gasteiger partial charge in [-0.15, -0.1) is 0 Å². The van der Waals surface area contributed by atoms with Crippen LogP contribution in [0.3, 0.4) is 0 Å². The molecule has 0 saturated carbocycles. The molecule has 2 rings (SSSR count). The molecule has 18 heavy (non-hydrogen) atoms. The van der Waals surface area contributed by atoms with E-state index >= 15 is 0 Å². The summed E-state index contributed by atoms with van der Waals surface area (Å²) in [6.45, 7) is 0.731. The van der Waals surface area contributed by atoms with Crippen molar-refractivity contribution in [2.45, 2.75) is 24.9 Å². The van der Waals surface area contributed by atoms with Crippen molar-refractivity contribution >= 4 is 5.97 Å². The van der Waals surface area contributed by atoms with E-state index in [4.69, 9.17) is 9.47 Å². The van der Waals surface area contributed by atoms with Gasteiger partial charge in [-0.2, -0.15) is 0 Å². The van der Waals surface area contributed by atoms with Gasteiger partial charge in [-0.05, 0) is 19.1 Å². The minimum Gasteiger partial charge on any atom is -0.459 e. The number of alkyl halides is 2. The molecular weight excluding hydrogens is 242 g/mol. The van der Waals surface area contributed by atoms with Crippen molar-refractivity contribution in [3.05, 3.63) is 35.9 Å². The second-order valence-corrected chi connectivity index (χ2v) is 4.71. The summed E-state index contributed by atoms with van der Waals surface area (Å²) in [5.74, 6) is -3.37. The van der Waals surface area contributed by atoms with Crippen LogP contribution in [-0.2, 0) is 9.47 Å². The van der Waals surface area contributed by atoms with Gasteiger partial charge in [-0.3, -0.25) is 0 Å². The van der Waals surface area contributed by atoms with E-state index < -0.39 is 30.5 Å². The van der Waals surface area contributed by atoms with Crippen LogP contribution < -0.4 is 0 Å². The topological polar surface area (TPSA) is 35.5 Å². The maximum absolute atomic E-state index is 13.0. The molecule has 0 radical (unpaired) electrons. The van der Waals surface area contributed by atoms with Crippen molar-refractivity contribution in [2.75, 3.05) is 13.2 Å². The summed E-state index contributed by atoms with van der Waals surface area (Å²) in [7, 11) is 0. The van der Waals surface area contributed by atoms with Gasteiger partial charge in [0.2, 0.25) is 0 Å². The molecule has 98 valence electrons. The van der Waals surface area contributed by atoms with Crippen molar-refractivity contribution in [3.8, 4) is 0 Å². The zero-order chi connectivity index (χ0) is 13.2. The SMILES string of the molecule is C[C@]1(COC(=O)c2ccccc2)CC(F)(F)CO1. The zero-order valence-corrected chi connectivity index (χ0v) is 9.99. The highest BCUT2D eigenvalue weighted by atomic mass is 19.3. The number of benzene rings is 1. The van der Waals surface area contributed by atoms with Crippen LogP contribution in [0.15, 0.2) is 30.3 Å². The van der Waals surface area contributed by atoms with E-state index in [1.165, 1.54) is 6.92 Å². The number of ether oxygens (including phenoxy) is 2. The minimum atomic E-state index is -2.84. The number of carbonyl (C=O) groups is 1. The van der Waals surface area contributed by atoms with Gasteiger partial charge >= 0.3 is 5.97 Å². The first-order valence-electron chi connectivity index (χ1n) is 5.64. The Morgan fingerprint density at radius 2 is 2.06 bits per heavy atom. The van der Waals surface area contributed by atoms with Crippen LogP contribution >= 0.6 is 0 Å². The monoisotopic (exact) mass is 256 g/mol. The average Bonchev–Trinajstić information content (AvgIpc) is 2.62. The lowest BCUT2D eigenvalue weighted by atomic mass is 10.0. The fourth-order valence-electron chi connectivity index (χ4n) is 1.90. The van der Waals surface area contributed by atoms with Gasteiger partial charge in [-0.25, -0.2) is 13.6 Å². The van der Waals surface area contributed by atoms with Gasteiger partial charge in [0, 0.05) is 6.42 Å². The molecule has 3 nitrogen and oxygen atoms in total. The van der Waals surface area contributed by atoms with Crippen LogP contribution in [0.2, 0.25) is 0 Å². The summed E-state index contributed by atoms with van der Waals surface area (Å²) in [5.41, 5.74) is -0.709. The van der Waals surface area contributed by atoms with Gasteiger partial charge in [0.15, 0.2) is 0 Å². The van der Waals surface area contributed by atoms with Crippen LogP contribution in [0.5, 0.6) is 0 Å². The van der Waals surface area contributed by atoms with Crippen molar-refractivity contribution in [3.63, 3.8) is 0 Å². The highest BCUT2D eigenvalue weighted by Crippen LogP contribution is 2.36. The lowest BCUT2D eigenvalue weighted by Crippen LogP contribution is -2.32. The normalized spacial score (nSPS) is 25.9. The Hall–Kier alpha value is -1.49. The largest absolute Gasteiger partial charge is 0.459 e. The number of hydrogen-bond acceptors (Lipinski definition) is 3. The average molecular weight is 256 g/mol. The maximum Gasteiger partial charge on any atom is 0.338 e. The van der Waals surface area contributed by atoms with Gasteiger partial charge in [-0.1, -0.05) is 18.2 Å². The van der Waals surface area contributed by atoms with Crippen LogP contribution in [0, 0.1) is 0 Å². The fraction of sp³-hybridized carbons (Fsp3) is 0.462. The molecule has 0 amide bonds.